The normalized spacial score (nSPS) is 25.7. The van der Waals surface area contributed by atoms with Crippen molar-refractivity contribution < 1.29 is 19.4 Å². The number of anilines is 1. The highest BCUT2D eigenvalue weighted by atomic mass is 127. The summed E-state index contributed by atoms with van der Waals surface area (Å²) in [6, 6.07) is 22.2. The average Bonchev–Trinajstić information content (AvgIpc) is 3.38. The first-order valence-electron chi connectivity index (χ1n) is 13.3. The smallest absolute Gasteiger partial charge is 0.264 e. The molecule has 0 unspecified atom stereocenters. The zero-order valence-electron chi connectivity index (χ0n) is 21.6. The number of aliphatic hydroxyl groups is 1. The summed E-state index contributed by atoms with van der Waals surface area (Å²) in [6.45, 7) is 2.94. The zero-order chi connectivity index (χ0) is 27.3. The van der Waals surface area contributed by atoms with E-state index in [0.29, 0.717) is 25.9 Å². The summed E-state index contributed by atoms with van der Waals surface area (Å²) in [7, 11) is 0. The molecule has 8 heteroatoms. The number of hydrogen-bond acceptors (Lipinski definition) is 4. The summed E-state index contributed by atoms with van der Waals surface area (Å²) >= 11 is 4.56. The van der Waals surface area contributed by atoms with E-state index in [1.807, 2.05) is 35.2 Å². The molecule has 6 nitrogen and oxygen atoms in total. The van der Waals surface area contributed by atoms with Crippen LogP contribution >= 0.6 is 45.2 Å². The lowest BCUT2D eigenvalue weighted by Crippen LogP contribution is -2.47. The van der Waals surface area contributed by atoms with Crippen molar-refractivity contribution in [3.8, 4) is 0 Å². The van der Waals surface area contributed by atoms with E-state index in [4.69, 9.17) is 4.74 Å². The molecule has 202 valence electrons. The molecule has 3 aliphatic rings. The number of halogens is 2. The van der Waals surface area contributed by atoms with Crippen LogP contribution in [0.2, 0.25) is 0 Å². The molecule has 1 spiro atoms. The summed E-state index contributed by atoms with van der Waals surface area (Å²) in [5, 5.41) is 10.1. The third-order valence-corrected chi connectivity index (χ3v) is 9.81. The van der Waals surface area contributed by atoms with Gasteiger partial charge in [-0.2, -0.15) is 0 Å². The number of nitrogens with zero attached hydrogens (tertiary/aromatic N) is 2. The Hall–Kier alpha value is -2.02. The van der Waals surface area contributed by atoms with E-state index < -0.39 is 5.60 Å². The minimum Gasteiger partial charge on any atom is -0.394 e. The summed E-state index contributed by atoms with van der Waals surface area (Å²) < 4.78 is 8.89. The Morgan fingerprint density at radius 1 is 1.05 bits per heavy atom. The summed E-state index contributed by atoms with van der Waals surface area (Å²) in [4.78, 5) is 31.4. The van der Waals surface area contributed by atoms with Crippen LogP contribution in [-0.2, 0) is 39.4 Å². The lowest BCUT2D eigenvalue weighted by Gasteiger charge is -2.36. The van der Waals surface area contributed by atoms with Crippen molar-refractivity contribution in [2.75, 3.05) is 11.5 Å². The van der Waals surface area contributed by atoms with Crippen molar-refractivity contribution in [3.63, 3.8) is 0 Å². The highest BCUT2D eigenvalue weighted by Gasteiger charge is 2.60. The Kier molecular flexibility index (Phi) is 7.49. The monoisotopic (exact) mass is 748 g/mol. The van der Waals surface area contributed by atoms with Crippen molar-refractivity contribution in [3.05, 3.63) is 96.1 Å². The molecule has 3 aromatic rings. The number of benzene rings is 3. The molecule has 0 radical (unpaired) electrons. The van der Waals surface area contributed by atoms with Gasteiger partial charge in [0, 0.05) is 25.2 Å². The molecule has 4 atom stereocenters. The molecular formula is C31H30I2N2O4. The molecule has 1 fully saturated rings. The van der Waals surface area contributed by atoms with Crippen molar-refractivity contribution in [2.24, 2.45) is 5.92 Å². The van der Waals surface area contributed by atoms with Gasteiger partial charge in [0.1, 0.15) is 0 Å². The second-order valence-corrected chi connectivity index (χ2v) is 13.3. The Morgan fingerprint density at radius 3 is 2.51 bits per heavy atom. The van der Waals surface area contributed by atoms with Crippen LogP contribution < -0.4 is 4.90 Å². The Bertz CT molecular complexity index is 1430. The van der Waals surface area contributed by atoms with Gasteiger partial charge in [-0.25, -0.2) is 0 Å². The molecule has 39 heavy (non-hydrogen) atoms. The van der Waals surface area contributed by atoms with Crippen LogP contribution in [0.1, 0.15) is 42.0 Å². The Morgan fingerprint density at radius 2 is 1.77 bits per heavy atom. The minimum absolute atomic E-state index is 0.0399. The van der Waals surface area contributed by atoms with Gasteiger partial charge in [0.2, 0.25) is 5.91 Å². The second-order valence-electron chi connectivity index (χ2n) is 10.8. The lowest BCUT2D eigenvalue weighted by atomic mass is 9.83. The standard InChI is InChI=1S/C31H30I2N2O4/c1-19-12-26(15-29(37)34-17-22-5-3-2-4-21(22)13-25(34)18-36)39-31(19)27-14-24(33)10-11-28(27)35(30(31)38)16-20-6-8-23(32)9-7-20/h2-11,14,19,25-26,36H,12-13,15-18H2,1H3/t19-,25+,26-,31+/m1/s1. The topological polar surface area (TPSA) is 70.1 Å². The van der Waals surface area contributed by atoms with Gasteiger partial charge in [0.25, 0.3) is 5.91 Å². The molecule has 3 aromatic carbocycles. The Labute approximate surface area is 256 Å². The highest BCUT2D eigenvalue weighted by molar-refractivity contribution is 14.1. The molecule has 0 bridgehead atoms. The molecule has 3 heterocycles. The first-order chi connectivity index (χ1) is 18.8. The van der Waals surface area contributed by atoms with Crippen molar-refractivity contribution in [1.29, 1.82) is 0 Å². The molecule has 1 N–H and O–H groups in total. The molecule has 6 rings (SSSR count). The van der Waals surface area contributed by atoms with Crippen LogP contribution in [0.15, 0.2) is 66.7 Å². The quantitative estimate of drug-likeness (QED) is 0.356. The van der Waals surface area contributed by atoms with Crippen molar-refractivity contribution in [1.82, 2.24) is 4.90 Å². The van der Waals surface area contributed by atoms with E-state index in [0.717, 1.165) is 29.5 Å². The number of carbonyl (C=O) groups excluding carboxylic acids is 2. The predicted octanol–water partition coefficient (Wildman–Crippen LogP) is 5.40. The maximum absolute atomic E-state index is 14.2. The lowest BCUT2D eigenvalue weighted by molar-refractivity contribution is -0.151. The van der Waals surface area contributed by atoms with Crippen LogP contribution in [0.5, 0.6) is 0 Å². The van der Waals surface area contributed by atoms with E-state index in [2.05, 4.69) is 88.5 Å². The van der Waals surface area contributed by atoms with Gasteiger partial charge in [0.15, 0.2) is 5.60 Å². The third kappa shape index (κ3) is 4.81. The third-order valence-electron chi connectivity index (χ3n) is 8.42. The number of fused-ring (bicyclic) bond motifs is 3. The van der Waals surface area contributed by atoms with E-state index in [1.165, 1.54) is 5.56 Å². The van der Waals surface area contributed by atoms with Gasteiger partial charge >= 0.3 is 0 Å². The second kappa shape index (κ2) is 10.8. The van der Waals surface area contributed by atoms with Crippen LogP contribution in [-0.4, -0.2) is 40.6 Å². The molecule has 2 amide bonds. The van der Waals surface area contributed by atoms with Crippen molar-refractivity contribution >= 4 is 62.7 Å². The minimum atomic E-state index is -1.10. The van der Waals surface area contributed by atoms with Crippen LogP contribution in [0.4, 0.5) is 5.69 Å². The largest absolute Gasteiger partial charge is 0.394 e. The zero-order valence-corrected chi connectivity index (χ0v) is 26.0. The predicted molar refractivity (Wildman–Crippen MR) is 166 cm³/mol. The van der Waals surface area contributed by atoms with Crippen LogP contribution in [0.3, 0.4) is 0 Å². The molecule has 0 aliphatic carbocycles. The maximum atomic E-state index is 14.2. The number of ether oxygens (including phenoxy) is 1. The molecule has 0 aromatic heterocycles. The van der Waals surface area contributed by atoms with Gasteiger partial charge in [-0.15, -0.1) is 0 Å². The van der Waals surface area contributed by atoms with Crippen LogP contribution in [0, 0.1) is 13.1 Å². The first-order valence-corrected chi connectivity index (χ1v) is 15.5. The fourth-order valence-corrected chi connectivity index (χ4v) is 7.30. The first kappa shape index (κ1) is 27.2. The van der Waals surface area contributed by atoms with E-state index in [9.17, 15) is 14.7 Å². The Balaban J connectivity index is 1.26. The van der Waals surface area contributed by atoms with Gasteiger partial charge in [-0.05, 0) is 105 Å². The van der Waals surface area contributed by atoms with Gasteiger partial charge in [0.05, 0.1) is 37.4 Å². The molecular weight excluding hydrogens is 718 g/mol. The number of rotatable bonds is 5. The number of hydrogen-bond donors (Lipinski definition) is 1. The van der Waals surface area contributed by atoms with Gasteiger partial charge in [-0.1, -0.05) is 43.3 Å². The fourth-order valence-electron chi connectivity index (χ4n) is 6.45. The van der Waals surface area contributed by atoms with Gasteiger partial charge < -0.3 is 19.6 Å². The highest BCUT2D eigenvalue weighted by Crippen LogP contribution is 2.54. The van der Waals surface area contributed by atoms with E-state index in [1.54, 1.807) is 4.90 Å². The van der Waals surface area contributed by atoms with E-state index >= 15 is 0 Å². The van der Waals surface area contributed by atoms with E-state index in [-0.39, 0.29) is 42.9 Å². The summed E-state index contributed by atoms with van der Waals surface area (Å²) in [6.07, 6.45) is 1.07. The average molecular weight is 748 g/mol. The van der Waals surface area contributed by atoms with Crippen molar-refractivity contribution in [2.45, 2.75) is 57.0 Å². The molecule has 1 saturated heterocycles. The van der Waals surface area contributed by atoms with Gasteiger partial charge in [-0.3, -0.25) is 9.59 Å². The number of amides is 2. The summed E-state index contributed by atoms with van der Waals surface area (Å²) in [5.41, 5.74) is 4.03. The SMILES string of the molecule is C[C@@H]1C[C@H](CC(=O)N2Cc3ccccc3C[C@H]2CO)O[C@@]12C(=O)N(Cc1ccc(I)cc1)c1ccc(I)cc12. The summed E-state index contributed by atoms with van der Waals surface area (Å²) in [5.74, 6) is -0.181. The fraction of sp³-hybridized carbons (Fsp3) is 0.355. The number of carbonyl (C=O) groups is 2. The molecule has 3 aliphatic heterocycles. The molecule has 0 saturated carbocycles. The maximum Gasteiger partial charge on any atom is 0.264 e. The van der Waals surface area contributed by atoms with Crippen LogP contribution in [0.25, 0.3) is 0 Å². The number of aliphatic hydroxyl groups excluding tert-OH is 1.